The smallest absolute Gasteiger partial charge is 0.240 e. The third-order valence-corrected chi connectivity index (χ3v) is 3.27. The second-order valence-corrected chi connectivity index (χ2v) is 4.52. The van der Waals surface area contributed by atoms with Crippen molar-refractivity contribution in [3.05, 3.63) is 0 Å². The first-order chi connectivity index (χ1) is 6.21. The molecule has 2 rings (SSSR count). The van der Waals surface area contributed by atoms with Gasteiger partial charge in [-0.1, -0.05) is 12.8 Å². The highest BCUT2D eigenvalue weighted by atomic mass is 16.2. The molecule has 0 bridgehead atoms. The van der Waals surface area contributed by atoms with Crippen molar-refractivity contribution in [2.45, 2.75) is 44.1 Å². The van der Waals surface area contributed by atoms with E-state index in [4.69, 9.17) is 5.73 Å². The van der Waals surface area contributed by atoms with Crippen LogP contribution in [0, 0.1) is 5.92 Å². The van der Waals surface area contributed by atoms with Gasteiger partial charge < -0.3 is 11.1 Å². The topological polar surface area (TPSA) is 55.1 Å². The minimum Gasteiger partial charge on any atom is -0.354 e. The summed E-state index contributed by atoms with van der Waals surface area (Å²) >= 11 is 0. The molecule has 0 aliphatic heterocycles. The zero-order valence-electron chi connectivity index (χ0n) is 8.01. The second-order valence-electron chi connectivity index (χ2n) is 4.52. The van der Waals surface area contributed by atoms with Crippen LogP contribution < -0.4 is 11.1 Å². The Morgan fingerprint density at radius 3 is 2.54 bits per heavy atom. The first-order valence-corrected chi connectivity index (χ1v) is 5.28. The van der Waals surface area contributed by atoms with E-state index in [0.29, 0.717) is 5.92 Å². The van der Waals surface area contributed by atoms with Crippen LogP contribution in [0.1, 0.15) is 38.5 Å². The number of nitrogens with one attached hydrogen (secondary N) is 1. The molecule has 0 radical (unpaired) electrons. The molecule has 2 aliphatic rings. The van der Waals surface area contributed by atoms with E-state index in [-0.39, 0.29) is 5.91 Å². The highest BCUT2D eigenvalue weighted by molar-refractivity contribution is 5.88. The number of nitrogens with two attached hydrogens (primary N) is 1. The Balaban J connectivity index is 1.69. The summed E-state index contributed by atoms with van der Waals surface area (Å²) in [5.74, 6) is 0.783. The van der Waals surface area contributed by atoms with Crippen LogP contribution in [0.4, 0.5) is 0 Å². The molecule has 0 saturated heterocycles. The lowest BCUT2D eigenvalue weighted by Gasteiger charge is -2.13. The number of amides is 1. The molecular formula is C10H18N2O. The lowest BCUT2D eigenvalue weighted by molar-refractivity contribution is -0.123. The van der Waals surface area contributed by atoms with Gasteiger partial charge >= 0.3 is 0 Å². The van der Waals surface area contributed by atoms with Gasteiger partial charge in [0, 0.05) is 6.54 Å². The van der Waals surface area contributed by atoms with E-state index in [9.17, 15) is 4.79 Å². The molecule has 0 aromatic rings. The molecule has 3 nitrogen and oxygen atoms in total. The molecule has 2 fully saturated rings. The Morgan fingerprint density at radius 1 is 1.38 bits per heavy atom. The zero-order valence-corrected chi connectivity index (χ0v) is 8.01. The maximum absolute atomic E-state index is 11.4. The van der Waals surface area contributed by atoms with Crippen molar-refractivity contribution in [3.8, 4) is 0 Å². The molecule has 3 N–H and O–H groups in total. The van der Waals surface area contributed by atoms with Crippen molar-refractivity contribution in [2.75, 3.05) is 6.54 Å². The third-order valence-electron chi connectivity index (χ3n) is 3.27. The number of carbonyl (C=O) groups excluding carboxylic acids is 1. The van der Waals surface area contributed by atoms with Crippen LogP contribution in [-0.2, 0) is 4.79 Å². The van der Waals surface area contributed by atoms with E-state index >= 15 is 0 Å². The molecule has 2 aliphatic carbocycles. The minimum atomic E-state index is -0.487. The van der Waals surface area contributed by atoms with Gasteiger partial charge in [0.25, 0.3) is 0 Å². The van der Waals surface area contributed by atoms with Crippen molar-refractivity contribution < 1.29 is 4.79 Å². The van der Waals surface area contributed by atoms with Gasteiger partial charge in [-0.25, -0.2) is 0 Å². The van der Waals surface area contributed by atoms with Crippen LogP contribution >= 0.6 is 0 Å². The molecule has 13 heavy (non-hydrogen) atoms. The first kappa shape index (κ1) is 9.00. The van der Waals surface area contributed by atoms with Crippen molar-refractivity contribution in [3.63, 3.8) is 0 Å². The molecule has 2 saturated carbocycles. The van der Waals surface area contributed by atoms with Gasteiger partial charge in [-0.15, -0.1) is 0 Å². The SMILES string of the molecule is NC1(C(=O)NCC2CCCC2)CC1. The molecule has 0 spiro atoms. The summed E-state index contributed by atoms with van der Waals surface area (Å²) in [5, 5.41) is 2.96. The Kier molecular flexibility index (Phi) is 2.28. The van der Waals surface area contributed by atoms with Crippen LogP contribution in [0.15, 0.2) is 0 Å². The highest BCUT2D eigenvalue weighted by Gasteiger charge is 2.45. The lowest BCUT2D eigenvalue weighted by atomic mass is 10.1. The van der Waals surface area contributed by atoms with Gasteiger partial charge in [0.2, 0.25) is 5.91 Å². The maximum atomic E-state index is 11.4. The average molecular weight is 182 g/mol. The summed E-state index contributed by atoms with van der Waals surface area (Å²) in [7, 11) is 0. The molecular weight excluding hydrogens is 164 g/mol. The van der Waals surface area contributed by atoms with E-state index in [1.165, 1.54) is 25.7 Å². The molecule has 0 heterocycles. The summed E-state index contributed by atoms with van der Waals surface area (Å²) in [5.41, 5.74) is 5.28. The summed E-state index contributed by atoms with van der Waals surface area (Å²) in [6.07, 6.45) is 6.94. The fourth-order valence-electron chi connectivity index (χ4n) is 1.99. The Morgan fingerprint density at radius 2 is 2.00 bits per heavy atom. The quantitative estimate of drug-likeness (QED) is 0.678. The van der Waals surface area contributed by atoms with Crippen molar-refractivity contribution >= 4 is 5.91 Å². The fraction of sp³-hybridized carbons (Fsp3) is 0.900. The normalized spacial score (nSPS) is 25.9. The predicted molar refractivity (Wildman–Crippen MR) is 51.1 cm³/mol. The van der Waals surface area contributed by atoms with Gasteiger partial charge in [0.15, 0.2) is 0 Å². The first-order valence-electron chi connectivity index (χ1n) is 5.28. The van der Waals surface area contributed by atoms with Crippen LogP contribution in [0.3, 0.4) is 0 Å². The zero-order chi connectivity index (χ0) is 9.31. The Labute approximate surface area is 79.1 Å². The van der Waals surface area contributed by atoms with E-state index in [0.717, 1.165) is 19.4 Å². The average Bonchev–Trinajstić information content (AvgIpc) is 2.70. The van der Waals surface area contributed by atoms with E-state index in [1.807, 2.05) is 0 Å². The molecule has 0 aromatic heterocycles. The number of hydrogen-bond acceptors (Lipinski definition) is 2. The highest BCUT2D eigenvalue weighted by Crippen LogP contribution is 2.32. The summed E-state index contributed by atoms with van der Waals surface area (Å²) < 4.78 is 0. The third kappa shape index (κ3) is 2.02. The van der Waals surface area contributed by atoms with Crippen LogP contribution in [0.5, 0.6) is 0 Å². The molecule has 0 aromatic carbocycles. The van der Waals surface area contributed by atoms with Crippen molar-refractivity contribution in [1.29, 1.82) is 0 Å². The lowest BCUT2D eigenvalue weighted by Crippen LogP contribution is -2.44. The molecule has 3 heteroatoms. The maximum Gasteiger partial charge on any atom is 0.240 e. The van der Waals surface area contributed by atoms with Gasteiger partial charge in [-0.2, -0.15) is 0 Å². The largest absolute Gasteiger partial charge is 0.354 e. The van der Waals surface area contributed by atoms with E-state index < -0.39 is 5.54 Å². The Bertz CT molecular complexity index is 205. The van der Waals surface area contributed by atoms with Gasteiger partial charge in [-0.05, 0) is 31.6 Å². The minimum absolute atomic E-state index is 0.0689. The summed E-state index contributed by atoms with van der Waals surface area (Å²) in [6.45, 7) is 0.845. The van der Waals surface area contributed by atoms with Gasteiger partial charge in [0.05, 0.1) is 5.54 Å². The summed E-state index contributed by atoms with van der Waals surface area (Å²) in [4.78, 5) is 11.4. The fourth-order valence-corrected chi connectivity index (χ4v) is 1.99. The van der Waals surface area contributed by atoms with Crippen molar-refractivity contribution in [2.24, 2.45) is 11.7 Å². The van der Waals surface area contributed by atoms with Crippen LogP contribution in [-0.4, -0.2) is 18.0 Å². The number of rotatable bonds is 3. The predicted octanol–water partition coefficient (Wildman–Crippen LogP) is 0.784. The van der Waals surface area contributed by atoms with Crippen LogP contribution in [0.2, 0.25) is 0 Å². The van der Waals surface area contributed by atoms with Gasteiger partial charge in [-0.3, -0.25) is 4.79 Å². The van der Waals surface area contributed by atoms with E-state index in [2.05, 4.69) is 5.32 Å². The molecule has 1 amide bonds. The monoisotopic (exact) mass is 182 g/mol. The molecule has 0 atom stereocenters. The molecule has 0 unspecified atom stereocenters. The number of carbonyl (C=O) groups is 1. The van der Waals surface area contributed by atoms with Crippen LogP contribution in [0.25, 0.3) is 0 Å². The second kappa shape index (κ2) is 3.29. The van der Waals surface area contributed by atoms with E-state index in [1.54, 1.807) is 0 Å². The van der Waals surface area contributed by atoms with Crippen molar-refractivity contribution in [1.82, 2.24) is 5.32 Å². The standard InChI is InChI=1S/C10H18N2O/c11-10(5-6-10)9(13)12-7-8-3-1-2-4-8/h8H,1-7,11H2,(H,12,13). The number of hydrogen-bond donors (Lipinski definition) is 2. The molecule has 74 valence electrons. The van der Waals surface area contributed by atoms with Gasteiger partial charge in [0.1, 0.15) is 0 Å². The Hall–Kier alpha value is -0.570. The summed E-state index contributed by atoms with van der Waals surface area (Å²) in [6, 6.07) is 0.